The van der Waals surface area contributed by atoms with Crippen LogP contribution < -0.4 is 5.46 Å². The molecular formula is C80H50BClN4O2S2. The van der Waals surface area contributed by atoms with Crippen LogP contribution >= 0.6 is 34.3 Å². The first-order valence-corrected chi connectivity index (χ1v) is 31.7. The fourth-order valence-electron chi connectivity index (χ4n) is 12.7. The van der Waals surface area contributed by atoms with Gasteiger partial charge in [0.15, 0.2) is 11.6 Å². The SMILES string of the molecule is Clc1cccc(-c2ncc3c4ccccc4c4ccccc4c3n2)c1.OB(O)c1cccc(-c2cccc3c2sc2ccccc23)c1.c1cc(-c2cccc(-c3cccc4c3sc3ccccc34)c2)cc(-c2ncc3c4ccccc4c4ccccc4c3n2)c1. The number of benzene rings is 14. The maximum Gasteiger partial charge on any atom is 0.488 e. The van der Waals surface area contributed by atoms with Gasteiger partial charge in [-0.05, 0) is 108 Å². The minimum Gasteiger partial charge on any atom is -0.423 e. The first-order valence-electron chi connectivity index (χ1n) is 29.7. The standard InChI is InChI=1S/C40H24N2S.C22H13ClN2.C18H13BO2S/c1-2-16-32-30(14-1)31-15-3-4-18-34(31)38-36(32)24-41-40(42-38)28-13-8-11-26(23-28)25-10-7-12-27(22-25)29-19-9-20-35-33-17-5-6-21-37(33)43-39(29)35;23-15-7-5-6-14(12-15)22-24-13-20-18-10-2-1-8-16(18)17-9-3-4-11-19(17)21(20)25-22;20-19(21)13-6-3-5-12(11-13)14-8-4-9-16-15-7-1-2-10-17(15)22-18(14)16/h1-24H;1-13H;1-11,20-21H. The molecule has 0 aliphatic carbocycles. The van der Waals surface area contributed by atoms with Gasteiger partial charge in [0, 0.05) is 90.4 Å². The van der Waals surface area contributed by atoms with E-state index in [1.165, 1.54) is 89.4 Å². The molecular weight excluding hydrogens is 1160 g/mol. The van der Waals surface area contributed by atoms with E-state index in [0.29, 0.717) is 16.3 Å². The molecule has 0 fully saturated rings. The van der Waals surface area contributed by atoms with E-state index >= 15 is 0 Å². The molecule has 4 heterocycles. The molecule has 0 atom stereocenters. The van der Waals surface area contributed by atoms with Crippen molar-refractivity contribution in [2.24, 2.45) is 0 Å². The minimum absolute atomic E-state index is 0.510. The molecule has 0 aliphatic heterocycles. The molecule has 14 aromatic carbocycles. The molecule has 6 nitrogen and oxygen atoms in total. The molecule has 0 saturated carbocycles. The first kappa shape index (κ1) is 54.9. The number of rotatable bonds is 6. The van der Waals surface area contributed by atoms with Crippen molar-refractivity contribution in [3.63, 3.8) is 0 Å². The summed E-state index contributed by atoms with van der Waals surface area (Å²) in [6.07, 6.45) is 3.92. The highest BCUT2D eigenvalue weighted by atomic mass is 35.5. The summed E-state index contributed by atoms with van der Waals surface area (Å²) in [5.74, 6) is 1.43. The van der Waals surface area contributed by atoms with Crippen LogP contribution in [0, 0.1) is 0 Å². The van der Waals surface area contributed by atoms with Crippen LogP contribution in [0.25, 0.3) is 161 Å². The topological polar surface area (TPSA) is 92.0 Å². The Hall–Kier alpha value is -10.5. The predicted octanol–water partition coefficient (Wildman–Crippen LogP) is 21.0. The fraction of sp³-hybridized carbons (Fsp3) is 0. The molecule has 2 N–H and O–H groups in total. The molecule has 0 unspecified atom stereocenters. The Labute approximate surface area is 531 Å². The second-order valence-electron chi connectivity index (χ2n) is 22.3. The Morgan fingerprint density at radius 3 is 1.11 bits per heavy atom. The third-order valence-electron chi connectivity index (χ3n) is 17.0. The number of aromatic nitrogens is 4. The van der Waals surface area contributed by atoms with E-state index in [2.05, 4.69) is 236 Å². The van der Waals surface area contributed by atoms with Crippen molar-refractivity contribution in [1.82, 2.24) is 19.9 Å². The van der Waals surface area contributed by atoms with Crippen molar-refractivity contribution in [2.45, 2.75) is 0 Å². The summed E-state index contributed by atoms with van der Waals surface area (Å²) < 4.78 is 5.15. The number of thiophene rings is 2. The fourth-order valence-corrected chi connectivity index (χ4v) is 15.4. The number of nitrogens with zero attached hydrogens (tertiary/aromatic N) is 4. The van der Waals surface area contributed by atoms with Crippen molar-refractivity contribution in [3.8, 4) is 56.2 Å². The van der Waals surface area contributed by atoms with E-state index in [4.69, 9.17) is 26.6 Å². The summed E-state index contributed by atoms with van der Waals surface area (Å²) in [7, 11) is -1.44. The maximum atomic E-state index is 9.38. The maximum absolute atomic E-state index is 9.38. The van der Waals surface area contributed by atoms with Crippen molar-refractivity contribution < 1.29 is 10.0 Å². The Bertz CT molecular complexity index is 5780. The molecule has 18 aromatic rings. The highest BCUT2D eigenvalue weighted by Gasteiger charge is 2.18. The molecule has 90 heavy (non-hydrogen) atoms. The highest BCUT2D eigenvalue weighted by Crippen LogP contribution is 2.43. The lowest BCUT2D eigenvalue weighted by atomic mass is 9.79. The zero-order chi connectivity index (χ0) is 60.2. The van der Waals surface area contributed by atoms with Crippen molar-refractivity contribution in [3.05, 3.63) is 296 Å². The molecule has 10 heteroatoms. The lowest BCUT2D eigenvalue weighted by Gasteiger charge is -2.11. The summed E-state index contributed by atoms with van der Waals surface area (Å²) in [6, 6.07) is 96.4. The van der Waals surface area contributed by atoms with Gasteiger partial charge < -0.3 is 10.0 Å². The van der Waals surface area contributed by atoms with Gasteiger partial charge in [-0.2, -0.15) is 0 Å². The van der Waals surface area contributed by atoms with Gasteiger partial charge in [-0.3, -0.25) is 0 Å². The van der Waals surface area contributed by atoms with Crippen LogP contribution in [-0.2, 0) is 0 Å². The highest BCUT2D eigenvalue weighted by molar-refractivity contribution is 7.26. The lowest BCUT2D eigenvalue weighted by molar-refractivity contribution is 0.426. The van der Waals surface area contributed by atoms with Gasteiger partial charge >= 0.3 is 7.12 Å². The second kappa shape index (κ2) is 23.2. The Balaban J connectivity index is 0.000000117. The van der Waals surface area contributed by atoms with Gasteiger partial charge in [-0.25, -0.2) is 19.9 Å². The monoisotopic (exact) mass is 1210 g/mol. The molecule has 424 valence electrons. The first-order chi connectivity index (χ1) is 44.4. The van der Waals surface area contributed by atoms with Gasteiger partial charge in [0.05, 0.1) is 11.0 Å². The van der Waals surface area contributed by atoms with Crippen LogP contribution in [0.15, 0.2) is 291 Å². The van der Waals surface area contributed by atoms with Crippen LogP contribution in [0.1, 0.15) is 0 Å². The van der Waals surface area contributed by atoms with Crippen molar-refractivity contribution in [2.75, 3.05) is 0 Å². The van der Waals surface area contributed by atoms with E-state index in [9.17, 15) is 10.0 Å². The van der Waals surface area contributed by atoms with Gasteiger partial charge in [0.25, 0.3) is 0 Å². The normalized spacial score (nSPS) is 11.5. The third-order valence-corrected chi connectivity index (χ3v) is 19.6. The Kier molecular flexibility index (Phi) is 14.2. The number of fused-ring (bicyclic) bond motifs is 18. The zero-order valence-corrected chi connectivity index (χ0v) is 50.6. The number of halogens is 1. The molecule has 0 aliphatic rings. The Morgan fingerprint density at radius 2 is 0.633 bits per heavy atom. The molecule has 0 saturated heterocycles. The summed E-state index contributed by atoms with van der Waals surface area (Å²) in [5.41, 5.74) is 11.3. The van der Waals surface area contributed by atoms with Gasteiger partial charge in [-0.1, -0.05) is 254 Å². The van der Waals surface area contributed by atoms with E-state index in [-0.39, 0.29) is 0 Å². The number of hydrogen-bond donors (Lipinski definition) is 2. The van der Waals surface area contributed by atoms with Crippen LogP contribution in [0.4, 0.5) is 0 Å². The molecule has 0 spiro atoms. The van der Waals surface area contributed by atoms with E-state index in [1.807, 2.05) is 66.2 Å². The predicted molar refractivity (Wildman–Crippen MR) is 383 cm³/mol. The average Bonchev–Trinajstić information content (AvgIpc) is 1.15. The lowest BCUT2D eigenvalue weighted by Crippen LogP contribution is -2.29. The van der Waals surface area contributed by atoms with E-state index in [1.54, 1.807) is 17.4 Å². The van der Waals surface area contributed by atoms with Crippen LogP contribution in [0.3, 0.4) is 0 Å². The summed E-state index contributed by atoms with van der Waals surface area (Å²) in [6.45, 7) is 0. The molecule has 4 aromatic heterocycles. The molecule has 0 bridgehead atoms. The van der Waals surface area contributed by atoms with Crippen molar-refractivity contribution >= 4 is 152 Å². The second-order valence-corrected chi connectivity index (χ2v) is 24.9. The average molecular weight is 1210 g/mol. The zero-order valence-electron chi connectivity index (χ0n) is 48.2. The van der Waals surface area contributed by atoms with Gasteiger partial charge in [0.1, 0.15) is 0 Å². The van der Waals surface area contributed by atoms with Crippen LogP contribution in [0.2, 0.25) is 5.02 Å². The largest absolute Gasteiger partial charge is 0.488 e. The van der Waals surface area contributed by atoms with E-state index in [0.717, 1.165) is 66.2 Å². The van der Waals surface area contributed by atoms with Crippen LogP contribution in [0.5, 0.6) is 0 Å². The minimum atomic E-state index is -1.44. The Morgan fingerprint density at radius 1 is 0.289 bits per heavy atom. The van der Waals surface area contributed by atoms with Crippen LogP contribution in [-0.4, -0.2) is 37.1 Å². The van der Waals surface area contributed by atoms with Crippen molar-refractivity contribution in [1.29, 1.82) is 0 Å². The quantitative estimate of drug-likeness (QED) is 0.127. The summed E-state index contributed by atoms with van der Waals surface area (Å²) in [5, 5.41) is 36.3. The summed E-state index contributed by atoms with van der Waals surface area (Å²) >= 11 is 9.77. The molecule has 0 amide bonds. The van der Waals surface area contributed by atoms with E-state index < -0.39 is 7.12 Å². The summed E-state index contributed by atoms with van der Waals surface area (Å²) in [4.78, 5) is 19.5. The molecule has 0 radical (unpaired) electrons. The number of hydrogen-bond acceptors (Lipinski definition) is 8. The third kappa shape index (κ3) is 9.95. The molecule has 18 rings (SSSR count). The smallest absolute Gasteiger partial charge is 0.423 e. The van der Waals surface area contributed by atoms with Gasteiger partial charge in [0.2, 0.25) is 0 Å². The van der Waals surface area contributed by atoms with Gasteiger partial charge in [-0.15, -0.1) is 22.7 Å².